The van der Waals surface area contributed by atoms with E-state index in [1.165, 1.54) is 39.1 Å². The molecule has 8 nitrogen and oxygen atoms in total. The number of hydrogen-bond acceptors (Lipinski definition) is 6. The largest absolute Gasteiger partial charge is 0.319 e. The van der Waals surface area contributed by atoms with Crippen LogP contribution in [0.25, 0.3) is 5.69 Å². The number of aromatic nitrogens is 4. The standard InChI is InChI=1S/C21H17FN6O2S/c1-13-24-25-26-28(13)14-9-10-16(22)17(12-14)23-20(29)15-6-3-4-7-18(15)27(2)21(30)19-8-5-11-31-19/h3-12H,1-2H3,(H,23,29). The number of halogens is 1. The molecule has 0 aliphatic heterocycles. The molecular weight excluding hydrogens is 419 g/mol. The zero-order chi connectivity index (χ0) is 22.0. The average molecular weight is 436 g/mol. The molecule has 1 N–H and O–H groups in total. The Balaban J connectivity index is 1.63. The van der Waals surface area contributed by atoms with Crippen LogP contribution in [0.4, 0.5) is 15.8 Å². The fourth-order valence-corrected chi connectivity index (χ4v) is 3.73. The monoisotopic (exact) mass is 436 g/mol. The van der Waals surface area contributed by atoms with E-state index in [0.717, 1.165) is 0 Å². The lowest BCUT2D eigenvalue weighted by molar-refractivity contribution is 0.0996. The fourth-order valence-electron chi connectivity index (χ4n) is 3.03. The number of carbonyl (C=O) groups is 2. The molecule has 0 saturated heterocycles. The van der Waals surface area contributed by atoms with Gasteiger partial charge in [0.15, 0.2) is 5.82 Å². The Labute approximate surface area is 180 Å². The molecule has 0 aliphatic carbocycles. The smallest absolute Gasteiger partial charge is 0.268 e. The van der Waals surface area contributed by atoms with Crippen LogP contribution in [0, 0.1) is 12.7 Å². The first-order valence-electron chi connectivity index (χ1n) is 9.22. The zero-order valence-electron chi connectivity index (χ0n) is 16.6. The average Bonchev–Trinajstić information content (AvgIpc) is 3.46. The first kappa shape index (κ1) is 20.4. The fraction of sp³-hybridized carbons (Fsp3) is 0.0952. The Morgan fingerprint density at radius 1 is 1.13 bits per heavy atom. The summed E-state index contributed by atoms with van der Waals surface area (Å²) in [5.41, 5.74) is 1.11. The van der Waals surface area contributed by atoms with Crippen LogP contribution >= 0.6 is 11.3 Å². The predicted molar refractivity (Wildman–Crippen MR) is 115 cm³/mol. The van der Waals surface area contributed by atoms with E-state index in [2.05, 4.69) is 20.8 Å². The van der Waals surface area contributed by atoms with Gasteiger partial charge in [0, 0.05) is 7.05 Å². The summed E-state index contributed by atoms with van der Waals surface area (Å²) in [4.78, 5) is 27.7. The van der Waals surface area contributed by atoms with Crippen molar-refractivity contribution in [3.63, 3.8) is 0 Å². The highest BCUT2D eigenvalue weighted by Gasteiger charge is 2.21. The number of hydrogen-bond donors (Lipinski definition) is 1. The maximum Gasteiger partial charge on any atom is 0.268 e. The van der Waals surface area contributed by atoms with Crippen molar-refractivity contribution >= 4 is 34.5 Å². The summed E-state index contributed by atoms with van der Waals surface area (Å²) < 4.78 is 15.8. The molecule has 2 amide bonds. The third kappa shape index (κ3) is 4.05. The molecule has 0 atom stereocenters. The van der Waals surface area contributed by atoms with Gasteiger partial charge in [0.1, 0.15) is 5.82 Å². The van der Waals surface area contributed by atoms with Gasteiger partial charge in [-0.1, -0.05) is 18.2 Å². The maximum absolute atomic E-state index is 14.4. The van der Waals surface area contributed by atoms with Crippen molar-refractivity contribution in [3.05, 3.63) is 82.1 Å². The highest BCUT2D eigenvalue weighted by atomic mass is 32.1. The molecule has 0 bridgehead atoms. The molecule has 4 aromatic rings. The van der Waals surface area contributed by atoms with Gasteiger partial charge in [0.2, 0.25) is 0 Å². The van der Waals surface area contributed by atoms with E-state index < -0.39 is 11.7 Å². The highest BCUT2D eigenvalue weighted by Crippen LogP contribution is 2.25. The lowest BCUT2D eigenvalue weighted by Crippen LogP contribution is -2.28. The number of anilines is 2. The molecular formula is C21H17FN6O2S. The number of benzene rings is 2. The summed E-state index contributed by atoms with van der Waals surface area (Å²) in [6, 6.07) is 14.3. The molecule has 4 rings (SSSR count). The normalized spacial score (nSPS) is 10.7. The van der Waals surface area contributed by atoms with Crippen molar-refractivity contribution in [2.75, 3.05) is 17.3 Å². The Morgan fingerprint density at radius 2 is 1.94 bits per heavy atom. The third-order valence-electron chi connectivity index (χ3n) is 4.61. The van der Waals surface area contributed by atoms with Gasteiger partial charge in [-0.3, -0.25) is 9.59 Å². The number of thiophene rings is 1. The van der Waals surface area contributed by atoms with Crippen LogP contribution in [0.15, 0.2) is 60.0 Å². The predicted octanol–water partition coefficient (Wildman–Crippen LogP) is 3.70. The van der Waals surface area contributed by atoms with Gasteiger partial charge in [-0.15, -0.1) is 16.4 Å². The summed E-state index contributed by atoms with van der Waals surface area (Å²) >= 11 is 1.31. The van der Waals surface area contributed by atoms with Crippen LogP contribution in [-0.4, -0.2) is 39.1 Å². The summed E-state index contributed by atoms with van der Waals surface area (Å²) in [7, 11) is 1.59. The van der Waals surface area contributed by atoms with Crippen molar-refractivity contribution in [1.29, 1.82) is 0 Å². The van der Waals surface area contributed by atoms with Gasteiger partial charge in [-0.25, -0.2) is 4.39 Å². The minimum atomic E-state index is -0.608. The topological polar surface area (TPSA) is 93.0 Å². The number of para-hydroxylation sites is 1. The van der Waals surface area contributed by atoms with Gasteiger partial charge >= 0.3 is 0 Å². The van der Waals surface area contributed by atoms with E-state index >= 15 is 0 Å². The van der Waals surface area contributed by atoms with Crippen LogP contribution in [-0.2, 0) is 0 Å². The van der Waals surface area contributed by atoms with E-state index in [1.807, 2.05) is 5.38 Å². The third-order valence-corrected chi connectivity index (χ3v) is 5.47. The zero-order valence-corrected chi connectivity index (χ0v) is 17.4. The number of nitrogens with zero attached hydrogens (tertiary/aromatic N) is 5. The number of amides is 2. The van der Waals surface area contributed by atoms with Gasteiger partial charge in [-0.2, -0.15) is 4.68 Å². The molecule has 2 aromatic heterocycles. The summed E-state index contributed by atoms with van der Waals surface area (Å²) in [6.07, 6.45) is 0. The van der Waals surface area contributed by atoms with Crippen LogP contribution in [0.1, 0.15) is 25.9 Å². The first-order chi connectivity index (χ1) is 15.0. The van der Waals surface area contributed by atoms with E-state index in [9.17, 15) is 14.0 Å². The van der Waals surface area contributed by atoms with E-state index in [-0.39, 0.29) is 17.2 Å². The molecule has 0 aliphatic rings. The van der Waals surface area contributed by atoms with E-state index in [4.69, 9.17) is 0 Å². The molecule has 31 heavy (non-hydrogen) atoms. The maximum atomic E-state index is 14.4. The molecule has 10 heteroatoms. The van der Waals surface area contributed by atoms with Crippen molar-refractivity contribution in [2.24, 2.45) is 0 Å². The minimum absolute atomic E-state index is 0.0283. The molecule has 0 spiro atoms. The molecule has 0 unspecified atom stereocenters. The molecule has 2 aromatic carbocycles. The lowest BCUT2D eigenvalue weighted by Gasteiger charge is -2.20. The van der Waals surface area contributed by atoms with Crippen molar-refractivity contribution in [1.82, 2.24) is 20.2 Å². The number of aryl methyl sites for hydroxylation is 1. The molecule has 0 fully saturated rings. The van der Waals surface area contributed by atoms with Gasteiger partial charge in [-0.05, 0) is 59.1 Å². The summed E-state index contributed by atoms with van der Waals surface area (Å²) in [5.74, 6) is -0.880. The quantitative estimate of drug-likeness (QED) is 0.515. The Kier molecular flexibility index (Phi) is 5.54. The van der Waals surface area contributed by atoms with Gasteiger partial charge in [0.25, 0.3) is 11.8 Å². The van der Waals surface area contributed by atoms with Crippen LogP contribution < -0.4 is 10.2 Å². The van der Waals surface area contributed by atoms with Crippen LogP contribution in [0.5, 0.6) is 0 Å². The van der Waals surface area contributed by atoms with Gasteiger partial charge < -0.3 is 10.2 Å². The summed E-state index contributed by atoms with van der Waals surface area (Å²) in [6.45, 7) is 1.71. The van der Waals surface area contributed by atoms with Crippen molar-refractivity contribution < 1.29 is 14.0 Å². The Morgan fingerprint density at radius 3 is 2.65 bits per heavy atom. The first-order valence-corrected chi connectivity index (χ1v) is 10.1. The number of nitrogens with one attached hydrogen (secondary N) is 1. The lowest BCUT2D eigenvalue weighted by atomic mass is 10.1. The second kappa shape index (κ2) is 8.44. The van der Waals surface area contributed by atoms with Crippen molar-refractivity contribution in [3.8, 4) is 5.69 Å². The second-order valence-corrected chi connectivity index (χ2v) is 7.56. The molecule has 156 valence electrons. The number of tetrazole rings is 1. The summed E-state index contributed by atoms with van der Waals surface area (Å²) in [5, 5.41) is 15.6. The van der Waals surface area contributed by atoms with Crippen molar-refractivity contribution in [2.45, 2.75) is 6.92 Å². The van der Waals surface area contributed by atoms with Crippen LogP contribution in [0.3, 0.4) is 0 Å². The molecule has 0 saturated carbocycles. The van der Waals surface area contributed by atoms with Crippen LogP contribution in [0.2, 0.25) is 0 Å². The highest BCUT2D eigenvalue weighted by molar-refractivity contribution is 7.12. The molecule has 0 radical (unpaired) electrons. The van der Waals surface area contributed by atoms with E-state index in [1.54, 1.807) is 50.4 Å². The number of carbonyl (C=O) groups excluding carboxylic acids is 2. The van der Waals surface area contributed by atoms with Gasteiger partial charge in [0.05, 0.1) is 27.5 Å². The Bertz CT molecular complexity index is 1250. The Hall–Kier alpha value is -3.92. The second-order valence-electron chi connectivity index (χ2n) is 6.61. The van der Waals surface area contributed by atoms with E-state index in [0.29, 0.717) is 22.1 Å². The molecule has 2 heterocycles. The minimum Gasteiger partial charge on any atom is -0.319 e. The SMILES string of the molecule is Cc1nnnn1-c1ccc(F)c(NC(=O)c2ccccc2N(C)C(=O)c2cccs2)c1. The number of rotatable bonds is 5.